The van der Waals surface area contributed by atoms with Crippen LogP contribution in [0.4, 0.5) is 5.13 Å². The summed E-state index contributed by atoms with van der Waals surface area (Å²) in [6, 6.07) is 27.6. The Bertz CT molecular complexity index is 1380. The zero-order valence-corrected chi connectivity index (χ0v) is 17.7. The van der Waals surface area contributed by atoms with E-state index in [2.05, 4.69) is 29.4 Å². The number of aryl methyl sites for hydroxylation is 1. The van der Waals surface area contributed by atoms with Gasteiger partial charge in [0.05, 0.1) is 22.5 Å². The van der Waals surface area contributed by atoms with Crippen molar-refractivity contribution in [2.75, 3.05) is 5.32 Å². The van der Waals surface area contributed by atoms with E-state index in [1.807, 2.05) is 78.2 Å². The number of carbonyl (C=O) groups excluding carboxylic acids is 1. The standard InChI is InChI=1S/C26H19N3OS/c1-17-11-13-19(14-12-17)24-16-31-26(28-24)29-25(30)21-15-23(18-7-3-2-4-8-18)27-22-10-6-5-9-20(21)22/h2-16H,1H3,(H,28,29,30). The Morgan fingerprint density at radius 1 is 0.806 bits per heavy atom. The number of nitrogens with zero attached hydrogens (tertiary/aromatic N) is 2. The molecule has 0 atom stereocenters. The first kappa shape index (κ1) is 19.2. The zero-order chi connectivity index (χ0) is 21.2. The lowest BCUT2D eigenvalue weighted by molar-refractivity contribution is 0.102. The number of nitrogens with one attached hydrogen (secondary N) is 1. The lowest BCUT2D eigenvalue weighted by atomic mass is 10.0. The van der Waals surface area contributed by atoms with Crippen LogP contribution in [0.2, 0.25) is 0 Å². The van der Waals surface area contributed by atoms with Crippen LogP contribution in [0.15, 0.2) is 90.3 Å². The third-order valence-electron chi connectivity index (χ3n) is 5.10. The number of pyridine rings is 1. The van der Waals surface area contributed by atoms with Crippen LogP contribution in [0.25, 0.3) is 33.4 Å². The van der Waals surface area contributed by atoms with Crippen molar-refractivity contribution in [3.05, 3.63) is 101 Å². The van der Waals surface area contributed by atoms with Gasteiger partial charge in [-0.05, 0) is 19.1 Å². The predicted octanol–water partition coefficient (Wildman–Crippen LogP) is 6.59. The van der Waals surface area contributed by atoms with Gasteiger partial charge < -0.3 is 0 Å². The van der Waals surface area contributed by atoms with Crippen LogP contribution in [0.1, 0.15) is 15.9 Å². The first-order valence-electron chi connectivity index (χ1n) is 9.96. The summed E-state index contributed by atoms with van der Waals surface area (Å²) < 4.78 is 0. The molecule has 0 radical (unpaired) electrons. The van der Waals surface area contributed by atoms with Crippen molar-refractivity contribution in [3.63, 3.8) is 0 Å². The molecule has 0 aliphatic heterocycles. The fraction of sp³-hybridized carbons (Fsp3) is 0.0385. The fourth-order valence-corrected chi connectivity index (χ4v) is 4.19. The number of aromatic nitrogens is 2. The third kappa shape index (κ3) is 3.96. The van der Waals surface area contributed by atoms with Gasteiger partial charge in [0.2, 0.25) is 0 Å². The van der Waals surface area contributed by atoms with Crippen LogP contribution >= 0.6 is 11.3 Å². The lowest BCUT2D eigenvalue weighted by Crippen LogP contribution is -2.13. The highest BCUT2D eigenvalue weighted by atomic mass is 32.1. The molecule has 0 saturated heterocycles. The van der Waals surface area contributed by atoms with Crippen molar-refractivity contribution in [1.82, 2.24) is 9.97 Å². The Morgan fingerprint density at radius 2 is 1.52 bits per heavy atom. The number of para-hydroxylation sites is 1. The number of thiazole rings is 1. The summed E-state index contributed by atoms with van der Waals surface area (Å²) in [6.45, 7) is 2.05. The maximum atomic E-state index is 13.2. The zero-order valence-electron chi connectivity index (χ0n) is 16.9. The maximum absolute atomic E-state index is 13.2. The van der Waals surface area contributed by atoms with Crippen molar-refractivity contribution < 1.29 is 4.79 Å². The smallest absolute Gasteiger partial charge is 0.258 e. The summed E-state index contributed by atoms with van der Waals surface area (Å²) in [5.74, 6) is -0.194. The van der Waals surface area contributed by atoms with Gasteiger partial charge in [-0.25, -0.2) is 9.97 Å². The van der Waals surface area contributed by atoms with Gasteiger partial charge in [0, 0.05) is 21.9 Å². The molecule has 0 aliphatic carbocycles. The normalized spacial score (nSPS) is 10.9. The molecule has 1 amide bonds. The molecule has 0 bridgehead atoms. The van der Waals surface area contributed by atoms with Crippen LogP contribution in [0.5, 0.6) is 0 Å². The molecule has 3 aromatic carbocycles. The number of fused-ring (bicyclic) bond motifs is 1. The summed E-state index contributed by atoms with van der Waals surface area (Å²) in [4.78, 5) is 22.6. The minimum absolute atomic E-state index is 0.194. The Morgan fingerprint density at radius 3 is 2.32 bits per heavy atom. The quantitative estimate of drug-likeness (QED) is 0.356. The second kappa shape index (κ2) is 8.13. The van der Waals surface area contributed by atoms with E-state index in [0.717, 1.165) is 33.4 Å². The number of rotatable bonds is 4. The molecule has 2 aromatic heterocycles. The Balaban J connectivity index is 1.49. The SMILES string of the molecule is Cc1ccc(-c2csc(NC(=O)c3cc(-c4ccccc4)nc4ccccc34)n2)cc1. The molecule has 31 heavy (non-hydrogen) atoms. The van der Waals surface area contributed by atoms with Gasteiger partial charge in [0.15, 0.2) is 5.13 Å². The van der Waals surface area contributed by atoms with Crippen molar-refractivity contribution >= 4 is 33.3 Å². The molecule has 150 valence electrons. The Labute approximate surface area is 184 Å². The van der Waals surface area contributed by atoms with E-state index in [1.165, 1.54) is 16.9 Å². The van der Waals surface area contributed by atoms with Gasteiger partial charge in [0.1, 0.15) is 0 Å². The van der Waals surface area contributed by atoms with E-state index in [1.54, 1.807) is 0 Å². The number of hydrogen-bond acceptors (Lipinski definition) is 4. The highest BCUT2D eigenvalue weighted by Crippen LogP contribution is 2.28. The summed E-state index contributed by atoms with van der Waals surface area (Å²) in [5.41, 5.74) is 6.19. The number of anilines is 1. The van der Waals surface area contributed by atoms with Crippen molar-refractivity contribution in [1.29, 1.82) is 0 Å². The minimum atomic E-state index is -0.194. The highest BCUT2D eigenvalue weighted by molar-refractivity contribution is 7.14. The molecule has 0 fully saturated rings. The molecular weight excluding hydrogens is 402 g/mol. The molecule has 4 nitrogen and oxygen atoms in total. The second-order valence-corrected chi connectivity index (χ2v) is 8.15. The number of hydrogen-bond donors (Lipinski definition) is 1. The van der Waals surface area contributed by atoms with E-state index in [4.69, 9.17) is 4.98 Å². The van der Waals surface area contributed by atoms with E-state index in [-0.39, 0.29) is 5.91 Å². The van der Waals surface area contributed by atoms with Crippen molar-refractivity contribution in [2.24, 2.45) is 0 Å². The predicted molar refractivity (Wildman–Crippen MR) is 127 cm³/mol. The molecule has 0 saturated carbocycles. The molecule has 0 unspecified atom stereocenters. The average molecular weight is 422 g/mol. The Kier molecular flexibility index (Phi) is 5.02. The van der Waals surface area contributed by atoms with Crippen molar-refractivity contribution in [2.45, 2.75) is 6.92 Å². The largest absolute Gasteiger partial charge is 0.298 e. The van der Waals surface area contributed by atoms with Gasteiger partial charge in [0.25, 0.3) is 5.91 Å². The van der Waals surface area contributed by atoms with Crippen LogP contribution in [-0.2, 0) is 0 Å². The number of carbonyl (C=O) groups is 1. The molecule has 5 heteroatoms. The van der Waals surface area contributed by atoms with Crippen LogP contribution in [-0.4, -0.2) is 15.9 Å². The first-order chi connectivity index (χ1) is 15.2. The molecule has 2 heterocycles. The van der Waals surface area contributed by atoms with E-state index < -0.39 is 0 Å². The second-order valence-electron chi connectivity index (χ2n) is 7.30. The maximum Gasteiger partial charge on any atom is 0.258 e. The fourth-order valence-electron chi connectivity index (χ4n) is 3.47. The summed E-state index contributed by atoms with van der Waals surface area (Å²) in [6.07, 6.45) is 0. The van der Waals surface area contributed by atoms with Gasteiger partial charge in [-0.1, -0.05) is 78.4 Å². The molecule has 1 N–H and O–H groups in total. The summed E-state index contributed by atoms with van der Waals surface area (Å²) in [7, 11) is 0. The molecule has 5 rings (SSSR count). The topological polar surface area (TPSA) is 54.9 Å². The molecule has 0 aliphatic rings. The summed E-state index contributed by atoms with van der Waals surface area (Å²) >= 11 is 1.42. The molecule has 0 spiro atoms. The van der Waals surface area contributed by atoms with E-state index >= 15 is 0 Å². The average Bonchev–Trinajstić information content (AvgIpc) is 3.27. The molecule has 5 aromatic rings. The highest BCUT2D eigenvalue weighted by Gasteiger charge is 2.16. The first-order valence-corrected chi connectivity index (χ1v) is 10.8. The summed E-state index contributed by atoms with van der Waals surface area (Å²) in [5, 5.41) is 6.32. The molecular formula is C26H19N3OS. The Hall–Kier alpha value is -3.83. The van der Waals surface area contributed by atoms with Gasteiger partial charge in [-0.3, -0.25) is 10.1 Å². The number of amides is 1. The third-order valence-corrected chi connectivity index (χ3v) is 5.86. The van der Waals surface area contributed by atoms with Crippen LogP contribution < -0.4 is 5.32 Å². The monoisotopic (exact) mass is 421 g/mol. The van der Waals surface area contributed by atoms with Gasteiger partial charge >= 0.3 is 0 Å². The van der Waals surface area contributed by atoms with E-state index in [0.29, 0.717) is 10.7 Å². The number of benzene rings is 3. The van der Waals surface area contributed by atoms with Crippen LogP contribution in [0.3, 0.4) is 0 Å². The van der Waals surface area contributed by atoms with Gasteiger partial charge in [-0.2, -0.15) is 0 Å². The lowest BCUT2D eigenvalue weighted by Gasteiger charge is -2.09. The van der Waals surface area contributed by atoms with Crippen molar-refractivity contribution in [3.8, 4) is 22.5 Å². The van der Waals surface area contributed by atoms with Crippen LogP contribution in [0, 0.1) is 6.92 Å². The van der Waals surface area contributed by atoms with Gasteiger partial charge in [-0.15, -0.1) is 11.3 Å². The minimum Gasteiger partial charge on any atom is -0.298 e. The van der Waals surface area contributed by atoms with E-state index in [9.17, 15) is 4.79 Å².